The van der Waals surface area contributed by atoms with E-state index in [2.05, 4.69) is 48.2 Å². The Hall–Kier alpha value is -1.09. The average molecular weight is 233 g/mol. The Morgan fingerprint density at radius 2 is 2.35 bits per heavy atom. The summed E-state index contributed by atoms with van der Waals surface area (Å²) < 4.78 is 0. The molecule has 0 bridgehead atoms. The van der Waals surface area contributed by atoms with E-state index in [0.717, 1.165) is 12.2 Å². The van der Waals surface area contributed by atoms with Crippen molar-refractivity contribution in [1.82, 2.24) is 9.88 Å². The van der Waals surface area contributed by atoms with Crippen LogP contribution in [0.3, 0.4) is 0 Å². The number of rotatable bonds is 4. The van der Waals surface area contributed by atoms with E-state index in [1.165, 1.54) is 24.9 Å². The van der Waals surface area contributed by atoms with Crippen molar-refractivity contribution in [3.8, 4) is 0 Å². The van der Waals surface area contributed by atoms with E-state index < -0.39 is 0 Å². The Morgan fingerprint density at radius 3 is 2.88 bits per heavy atom. The lowest BCUT2D eigenvalue weighted by Gasteiger charge is -2.20. The molecule has 0 radical (unpaired) electrons. The molecular formula is C14H23N3. The van der Waals surface area contributed by atoms with E-state index in [-0.39, 0.29) is 0 Å². The first-order valence-electron chi connectivity index (χ1n) is 6.63. The Balaban J connectivity index is 2.02. The fraction of sp³-hybridized carbons (Fsp3) is 0.643. The Bertz CT molecular complexity index is 347. The number of aromatic nitrogens is 1. The molecule has 3 nitrogen and oxygen atoms in total. The van der Waals surface area contributed by atoms with Crippen molar-refractivity contribution in [2.24, 2.45) is 0 Å². The van der Waals surface area contributed by atoms with E-state index in [4.69, 9.17) is 0 Å². The summed E-state index contributed by atoms with van der Waals surface area (Å²) in [5, 5.41) is 3.40. The third kappa shape index (κ3) is 2.97. The maximum atomic E-state index is 4.51. The van der Waals surface area contributed by atoms with E-state index >= 15 is 0 Å². The largest absolute Gasteiger partial charge is 0.368 e. The zero-order valence-corrected chi connectivity index (χ0v) is 11.1. The van der Waals surface area contributed by atoms with Gasteiger partial charge in [-0.25, -0.2) is 4.98 Å². The number of hydrogen-bond acceptors (Lipinski definition) is 3. The Kier molecular flexibility index (Phi) is 4.00. The molecule has 0 aliphatic carbocycles. The molecule has 1 aliphatic heterocycles. The SMILES string of the molecule is CC[C@@H](C)Nc1ccc([C@H]2CCCN2C)cn1. The number of pyridine rings is 1. The van der Waals surface area contributed by atoms with Crippen LogP contribution in [-0.4, -0.2) is 29.5 Å². The van der Waals surface area contributed by atoms with Crippen molar-refractivity contribution in [3.05, 3.63) is 23.9 Å². The van der Waals surface area contributed by atoms with Crippen LogP contribution >= 0.6 is 0 Å². The van der Waals surface area contributed by atoms with Gasteiger partial charge < -0.3 is 5.32 Å². The molecule has 2 rings (SSSR count). The van der Waals surface area contributed by atoms with Crippen LogP contribution in [0.25, 0.3) is 0 Å². The van der Waals surface area contributed by atoms with E-state index in [1.54, 1.807) is 0 Å². The van der Waals surface area contributed by atoms with Crippen molar-refractivity contribution in [3.63, 3.8) is 0 Å². The fourth-order valence-electron chi connectivity index (χ4n) is 2.37. The maximum absolute atomic E-state index is 4.51. The first kappa shape index (κ1) is 12.4. The molecule has 0 saturated carbocycles. The van der Waals surface area contributed by atoms with Gasteiger partial charge in [-0.2, -0.15) is 0 Å². The van der Waals surface area contributed by atoms with Crippen LogP contribution in [0.2, 0.25) is 0 Å². The molecule has 1 N–H and O–H groups in total. The van der Waals surface area contributed by atoms with Crippen LogP contribution in [0.4, 0.5) is 5.82 Å². The summed E-state index contributed by atoms with van der Waals surface area (Å²) in [5.41, 5.74) is 1.35. The molecule has 1 saturated heterocycles. The summed E-state index contributed by atoms with van der Waals surface area (Å²) in [5.74, 6) is 0.990. The van der Waals surface area contributed by atoms with Gasteiger partial charge in [0.05, 0.1) is 0 Å². The van der Waals surface area contributed by atoms with Gasteiger partial charge in [0.15, 0.2) is 0 Å². The Morgan fingerprint density at radius 1 is 1.53 bits per heavy atom. The van der Waals surface area contributed by atoms with Crippen molar-refractivity contribution in [1.29, 1.82) is 0 Å². The molecule has 0 aromatic carbocycles. The third-order valence-corrected chi connectivity index (χ3v) is 3.70. The van der Waals surface area contributed by atoms with E-state index in [0.29, 0.717) is 12.1 Å². The number of anilines is 1. The minimum absolute atomic E-state index is 0.488. The summed E-state index contributed by atoms with van der Waals surface area (Å²) in [6.07, 6.45) is 5.70. The van der Waals surface area contributed by atoms with Gasteiger partial charge in [0.2, 0.25) is 0 Å². The topological polar surface area (TPSA) is 28.2 Å². The maximum Gasteiger partial charge on any atom is 0.126 e. The van der Waals surface area contributed by atoms with Gasteiger partial charge in [-0.1, -0.05) is 13.0 Å². The number of likely N-dealkylation sites (tertiary alicyclic amines) is 1. The van der Waals surface area contributed by atoms with Crippen LogP contribution in [0.15, 0.2) is 18.3 Å². The summed E-state index contributed by atoms with van der Waals surface area (Å²) in [4.78, 5) is 6.92. The zero-order valence-electron chi connectivity index (χ0n) is 11.1. The highest BCUT2D eigenvalue weighted by atomic mass is 15.1. The lowest BCUT2D eigenvalue weighted by Crippen LogP contribution is -2.18. The van der Waals surface area contributed by atoms with Gasteiger partial charge in [-0.3, -0.25) is 4.90 Å². The summed E-state index contributed by atoms with van der Waals surface area (Å²) in [6, 6.07) is 5.38. The molecule has 2 atom stereocenters. The van der Waals surface area contributed by atoms with E-state index in [1.807, 2.05) is 6.20 Å². The van der Waals surface area contributed by atoms with Crippen LogP contribution in [0, 0.1) is 0 Å². The quantitative estimate of drug-likeness (QED) is 0.866. The number of nitrogens with zero attached hydrogens (tertiary/aromatic N) is 2. The van der Waals surface area contributed by atoms with Crippen molar-refractivity contribution >= 4 is 5.82 Å². The Labute approximate surface area is 104 Å². The second kappa shape index (κ2) is 5.50. The van der Waals surface area contributed by atoms with Gasteiger partial charge in [0, 0.05) is 18.3 Å². The molecule has 1 aliphatic rings. The first-order chi connectivity index (χ1) is 8.20. The third-order valence-electron chi connectivity index (χ3n) is 3.70. The summed E-state index contributed by atoms with van der Waals surface area (Å²) in [7, 11) is 2.20. The molecule has 94 valence electrons. The van der Waals surface area contributed by atoms with Crippen LogP contribution < -0.4 is 5.32 Å². The average Bonchev–Trinajstić information content (AvgIpc) is 2.76. The molecule has 1 fully saturated rings. The second-order valence-electron chi connectivity index (χ2n) is 5.07. The molecule has 1 aromatic rings. The van der Waals surface area contributed by atoms with Crippen molar-refractivity contribution < 1.29 is 0 Å². The number of nitrogens with one attached hydrogen (secondary N) is 1. The summed E-state index contributed by atoms with van der Waals surface area (Å²) in [6.45, 7) is 5.57. The normalized spacial score (nSPS) is 22.6. The smallest absolute Gasteiger partial charge is 0.126 e. The lowest BCUT2D eigenvalue weighted by atomic mass is 10.1. The number of hydrogen-bond donors (Lipinski definition) is 1. The zero-order chi connectivity index (χ0) is 12.3. The molecule has 17 heavy (non-hydrogen) atoms. The minimum atomic E-state index is 0.488. The molecule has 3 heteroatoms. The van der Waals surface area contributed by atoms with Crippen LogP contribution in [-0.2, 0) is 0 Å². The van der Waals surface area contributed by atoms with Gasteiger partial charge >= 0.3 is 0 Å². The minimum Gasteiger partial charge on any atom is -0.368 e. The highest BCUT2D eigenvalue weighted by molar-refractivity contribution is 5.37. The summed E-state index contributed by atoms with van der Waals surface area (Å²) >= 11 is 0. The monoisotopic (exact) mass is 233 g/mol. The van der Waals surface area contributed by atoms with Crippen LogP contribution in [0.1, 0.15) is 44.7 Å². The van der Waals surface area contributed by atoms with E-state index in [9.17, 15) is 0 Å². The predicted molar refractivity (Wildman–Crippen MR) is 72.2 cm³/mol. The molecule has 0 spiro atoms. The van der Waals surface area contributed by atoms with Crippen LogP contribution in [0.5, 0.6) is 0 Å². The molecule has 0 unspecified atom stereocenters. The van der Waals surface area contributed by atoms with Crippen molar-refractivity contribution in [2.75, 3.05) is 18.9 Å². The highest BCUT2D eigenvalue weighted by Crippen LogP contribution is 2.30. The second-order valence-corrected chi connectivity index (χ2v) is 5.07. The molecular weight excluding hydrogens is 210 g/mol. The fourth-order valence-corrected chi connectivity index (χ4v) is 2.37. The molecule has 1 aromatic heterocycles. The van der Waals surface area contributed by atoms with Gasteiger partial charge in [0.1, 0.15) is 5.82 Å². The standard InChI is InChI=1S/C14H23N3/c1-4-11(2)16-14-8-7-12(10-15-14)13-6-5-9-17(13)3/h7-8,10-11,13H,4-6,9H2,1-3H3,(H,15,16)/t11-,13-/m1/s1. The first-order valence-corrected chi connectivity index (χ1v) is 6.63. The molecule has 2 heterocycles. The predicted octanol–water partition coefficient (Wildman–Crippen LogP) is 3.06. The lowest BCUT2D eigenvalue weighted by molar-refractivity contribution is 0.317. The van der Waals surface area contributed by atoms with Crippen molar-refractivity contribution in [2.45, 2.75) is 45.2 Å². The van der Waals surface area contributed by atoms with Gasteiger partial charge in [-0.05, 0) is 51.4 Å². The van der Waals surface area contributed by atoms with Gasteiger partial charge in [0.25, 0.3) is 0 Å². The molecule has 0 amide bonds. The van der Waals surface area contributed by atoms with Gasteiger partial charge in [-0.15, -0.1) is 0 Å². The highest BCUT2D eigenvalue weighted by Gasteiger charge is 2.22.